The van der Waals surface area contributed by atoms with Gasteiger partial charge in [0.1, 0.15) is 17.7 Å². The number of rotatable bonds is 2. The highest BCUT2D eigenvalue weighted by Crippen LogP contribution is 2.48. The summed E-state index contributed by atoms with van der Waals surface area (Å²) in [5.74, 6) is 0.970. The number of nitrogens with one attached hydrogen (secondary N) is 1. The fourth-order valence-electron chi connectivity index (χ4n) is 4.19. The largest absolute Gasteiger partial charge is 0.337 e. The zero-order valence-corrected chi connectivity index (χ0v) is 14.7. The van der Waals surface area contributed by atoms with E-state index in [0.717, 1.165) is 24.7 Å². The molecule has 0 saturated carbocycles. The Kier molecular flexibility index (Phi) is 3.77. The molecule has 0 aliphatic carbocycles. The van der Waals surface area contributed by atoms with Gasteiger partial charge >= 0.3 is 0 Å². The Hall–Kier alpha value is -2.79. The van der Waals surface area contributed by atoms with E-state index in [1.165, 1.54) is 18.2 Å². The normalized spacial score (nSPS) is 21.6. The molecule has 1 amide bonds. The lowest BCUT2D eigenvalue weighted by Gasteiger charge is -2.50. The smallest absolute Gasteiger partial charge is 0.253 e. The Bertz CT molecular complexity index is 911. The van der Waals surface area contributed by atoms with Gasteiger partial charge in [-0.15, -0.1) is 0 Å². The van der Waals surface area contributed by atoms with Crippen molar-refractivity contribution in [3.63, 3.8) is 0 Å². The summed E-state index contributed by atoms with van der Waals surface area (Å²) in [5.41, 5.74) is 0.173. The minimum Gasteiger partial charge on any atom is -0.337 e. The van der Waals surface area contributed by atoms with Crippen molar-refractivity contribution >= 4 is 5.91 Å². The van der Waals surface area contributed by atoms with Crippen LogP contribution in [0, 0.1) is 29.5 Å². The number of hydrogen-bond acceptors (Lipinski definition) is 5. The summed E-state index contributed by atoms with van der Waals surface area (Å²) in [4.78, 5) is 21.2. The Labute approximate surface area is 150 Å². The van der Waals surface area contributed by atoms with E-state index in [2.05, 4.69) is 27.1 Å². The average Bonchev–Trinajstić information content (AvgIpc) is 3.16. The zero-order chi connectivity index (χ0) is 18.5. The predicted molar refractivity (Wildman–Crippen MR) is 90.8 cm³/mol. The molecular formula is C18H19FN6O. The number of hydrogen-bond donors (Lipinski definition) is 1. The van der Waals surface area contributed by atoms with Crippen molar-refractivity contribution in [1.82, 2.24) is 25.0 Å². The quantitative estimate of drug-likeness (QED) is 0.878. The topological polar surface area (TPSA) is 88.9 Å². The van der Waals surface area contributed by atoms with Crippen LogP contribution in [-0.4, -0.2) is 64.1 Å². The molecule has 1 spiro atoms. The third-order valence-corrected chi connectivity index (χ3v) is 5.38. The molecule has 3 heterocycles. The molecule has 8 heteroatoms. The van der Waals surface area contributed by atoms with Crippen molar-refractivity contribution in [2.45, 2.75) is 12.8 Å². The predicted octanol–water partition coefficient (Wildman–Crippen LogP) is 1.30. The van der Waals surface area contributed by atoms with Crippen molar-refractivity contribution in [1.29, 1.82) is 5.26 Å². The molecule has 4 rings (SSSR count). The number of likely N-dealkylation sites (tertiary alicyclic amines) is 2. The molecule has 1 atom stereocenters. The first-order chi connectivity index (χ1) is 12.4. The van der Waals surface area contributed by atoms with Gasteiger partial charge in [-0.25, -0.2) is 9.37 Å². The Balaban J connectivity index is 1.53. The number of aromatic nitrogens is 3. The molecule has 0 bridgehead atoms. The summed E-state index contributed by atoms with van der Waals surface area (Å²) in [6.45, 7) is 4.82. The molecular weight excluding hydrogens is 335 g/mol. The number of aryl methyl sites for hydroxylation is 1. The SMILES string of the molecule is Cc1nc(C2CN(C)CC23CN(C(=O)c2ccc(F)c(C#N)c2)C3)n[nH]1. The second kappa shape index (κ2) is 5.88. The van der Waals surface area contributed by atoms with Crippen molar-refractivity contribution in [3.8, 4) is 6.07 Å². The van der Waals surface area contributed by atoms with E-state index in [4.69, 9.17) is 5.26 Å². The van der Waals surface area contributed by atoms with Gasteiger partial charge in [-0.1, -0.05) is 0 Å². The van der Waals surface area contributed by atoms with Gasteiger partial charge in [0.25, 0.3) is 5.91 Å². The molecule has 26 heavy (non-hydrogen) atoms. The molecule has 2 aliphatic rings. The van der Waals surface area contributed by atoms with Gasteiger partial charge in [-0.3, -0.25) is 9.89 Å². The van der Waals surface area contributed by atoms with Crippen LogP contribution in [-0.2, 0) is 0 Å². The molecule has 7 nitrogen and oxygen atoms in total. The van der Waals surface area contributed by atoms with Crippen LogP contribution in [0.3, 0.4) is 0 Å². The maximum Gasteiger partial charge on any atom is 0.253 e. The molecule has 1 aromatic heterocycles. The van der Waals surface area contributed by atoms with Gasteiger partial charge in [0, 0.05) is 43.1 Å². The van der Waals surface area contributed by atoms with Crippen molar-refractivity contribution in [2.24, 2.45) is 5.41 Å². The average molecular weight is 354 g/mol. The summed E-state index contributed by atoms with van der Waals surface area (Å²) in [5, 5.41) is 16.2. The van der Waals surface area contributed by atoms with Crippen molar-refractivity contribution in [2.75, 3.05) is 33.2 Å². The number of amides is 1. The summed E-state index contributed by atoms with van der Waals surface area (Å²) < 4.78 is 13.5. The number of aromatic amines is 1. The number of nitrogens with zero attached hydrogens (tertiary/aromatic N) is 5. The van der Waals surface area contributed by atoms with Crippen molar-refractivity contribution in [3.05, 3.63) is 46.8 Å². The molecule has 2 saturated heterocycles. The van der Waals surface area contributed by atoms with Crippen LogP contribution in [0.1, 0.15) is 33.5 Å². The summed E-state index contributed by atoms with van der Waals surface area (Å²) in [6, 6.07) is 5.70. The van der Waals surface area contributed by atoms with Crippen LogP contribution in [0.25, 0.3) is 0 Å². The second-order valence-electron chi connectivity index (χ2n) is 7.36. The molecule has 1 N–H and O–H groups in total. The lowest BCUT2D eigenvalue weighted by molar-refractivity contribution is 0.00300. The number of likely N-dealkylation sites (N-methyl/N-ethyl adjacent to an activating group) is 1. The van der Waals surface area contributed by atoms with Crippen molar-refractivity contribution < 1.29 is 9.18 Å². The first kappa shape index (κ1) is 16.7. The minimum absolute atomic E-state index is 0.0584. The highest BCUT2D eigenvalue weighted by molar-refractivity contribution is 5.95. The van der Waals surface area contributed by atoms with Crippen LogP contribution in [0.4, 0.5) is 4.39 Å². The molecule has 2 aliphatic heterocycles. The molecule has 2 fully saturated rings. The van der Waals surface area contributed by atoms with Crippen LogP contribution in [0.15, 0.2) is 18.2 Å². The monoisotopic (exact) mass is 354 g/mol. The van der Waals surface area contributed by atoms with E-state index < -0.39 is 5.82 Å². The Morgan fingerprint density at radius 3 is 2.85 bits per heavy atom. The summed E-state index contributed by atoms with van der Waals surface area (Å²) >= 11 is 0. The van der Waals surface area contributed by atoms with E-state index in [0.29, 0.717) is 18.7 Å². The molecule has 0 radical (unpaired) electrons. The highest BCUT2D eigenvalue weighted by atomic mass is 19.1. The fraction of sp³-hybridized carbons (Fsp3) is 0.444. The number of H-pyrrole nitrogens is 1. The second-order valence-corrected chi connectivity index (χ2v) is 7.36. The number of halogens is 1. The number of benzene rings is 1. The lowest BCUT2D eigenvalue weighted by atomic mass is 9.71. The maximum atomic E-state index is 13.5. The van der Waals surface area contributed by atoms with E-state index in [9.17, 15) is 9.18 Å². The molecule has 2 aromatic rings. The third kappa shape index (κ3) is 2.56. The Morgan fingerprint density at radius 1 is 1.42 bits per heavy atom. The molecule has 1 aromatic carbocycles. The van der Waals surface area contributed by atoms with Gasteiger partial charge in [0.15, 0.2) is 5.82 Å². The fourth-order valence-corrected chi connectivity index (χ4v) is 4.19. The van der Waals surface area contributed by atoms with Crippen LogP contribution in [0.2, 0.25) is 0 Å². The summed E-state index contributed by atoms with van der Waals surface area (Å²) in [6.07, 6.45) is 0. The van der Waals surface area contributed by atoms with E-state index in [1.54, 1.807) is 11.0 Å². The van der Waals surface area contributed by atoms with Crippen LogP contribution in [0.5, 0.6) is 0 Å². The van der Waals surface area contributed by atoms with E-state index >= 15 is 0 Å². The van der Waals surface area contributed by atoms with Crippen LogP contribution >= 0.6 is 0 Å². The van der Waals surface area contributed by atoms with Gasteiger partial charge in [-0.2, -0.15) is 10.4 Å². The number of carbonyl (C=O) groups is 1. The van der Waals surface area contributed by atoms with Gasteiger partial charge in [-0.05, 0) is 32.2 Å². The van der Waals surface area contributed by atoms with Gasteiger partial charge in [0.05, 0.1) is 5.56 Å². The van der Waals surface area contributed by atoms with Gasteiger partial charge < -0.3 is 9.80 Å². The summed E-state index contributed by atoms with van der Waals surface area (Å²) in [7, 11) is 2.06. The first-order valence-electron chi connectivity index (χ1n) is 8.48. The lowest BCUT2D eigenvalue weighted by Crippen LogP contribution is -2.61. The van der Waals surface area contributed by atoms with Gasteiger partial charge in [0.2, 0.25) is 0 Å². The standard InChI is InChI=1S/C18H19FN6O/c1-11-21-16(23-22-11)14-7-24(2)8-18(14)9-25(10-18)17(26)12-3-4-15(19)13(5-12)6-20/h3-5,14H,7-10H2,1-2H3,(H,21,22,23). The van der Waals surface area contributed by atoms with E-state index in [1.807, 2.05) is 6.92 Å². The zero-order valence-electron chi connectivity index (χ0n) is 14.7. The Morgan fingerprint density at radius 2 is 2.19 bits per heavy atom. The maximum absolute atomic E-state index is 13.5. The third-order valence-electron chi connectivity index (χ3n) is 5.38. The molecule has 134 valence electrons. The minimum atomic E-state index is -0.610. The number of nitriles is 1. The first-order valence-corrected chi connectivity index (χ1v) is 8.48. The number of carbonyl (C=O) groups excluding carboxylic acids is 1. The van der Waals surface area contributed by atoms with Crippen LogP contribution < -0.4 is 0 Å². The van der Waals surface area contributed by atoms with E-state index in [-0.39, 0.29) is 22.8 Å². The highest BCUT2D eigenvalue weighted by Gasteiger charge is 2.56. The molecule has 1 unspecified atom stereocenters.